The zero-order chi connectivity index (χ0) is 18.4. The molecule has 27 heavy (non-hydrogen) atoms. The molecular formula is C19H30ClN3O3S. The number of amides is 1. The molecule has 1 aromatic rings. The van der Waals surface area contributed by atoms with Gasteiger partial charge in [0, 0.05) is 19.6 Å². The van der Waals surface area contributed by atoms with Crippen LogP contribution in [0.1, 0.15) is 37.7 Å². The van der Waals surface area contributed by atoms with Crippen molar-refractivity contribution in [1.82, 2.24) is 14.9 Å². The number of nitrogens with zero attached hydrogens (tertiary/aromatic N) is 1. The summed E-state index contributed by atoms with van der Waals surface area (Å²) in [5, 5.41) is 6.34. The summed E-state index contributed by atoms with van der Waals surface area (Å²) in [6.45, 7) is 3.93. The van der Waals surface area contributed by atoms with Crippen LogP contribution >= 0.6 is 12.4 Å². The summed E-state index contributed by atoms with van der Waals surface area (Å²) >= 11 is 0. The smallest absolute Gasteiger partial charge is 0.243 e. The van der Waals surface area contributed by atoms with E-state index >= 15 is 0 Å². The molecule has 2 N–H and O–H groups in total. The fraction of sp³-hybridized carbons (Fsp3) is 0.632. The molecule has 8 heteroatoms. The maximum Gasteiger partial charge on any atom is 0.243 e. The second-order valence-corrected chi connectivity index (χ2v) is 9.24. The minimum Gasteiger partial charge on any atom is -0.355 e. The summed E-state index contributed by atoms with van der Waals surface area (Å²) in [5.74, 6) is 0.493. The maximum absolute atomic E-state index is 12.6. The van der Waals surface area contributed by atoms with Crippen molar-refractivity contribution in [3.63, 3.8) is 0 Å². The van der Waals surface area contributed by atoms with Gasteiger partial charge in [-0.05, 0) is 62.4 Å². The molecule has 1 unspecified atom stereocenters. The highest BCUT2D eigenvalue weighted by Gasteiger charge is 2.25. The van der Waals surface area contributed by atoms with E-state index in [1.54, 1.807) is 28.6 Å². The molecule has 0 saturated carbocycles. The van der Waals surface area contributed by atoms with Crippen molar-refractivity contribution in [2.75, 3.05) is 32.7 Å². The Labute approximate surface area is 168 Å². The SMILES string of the molecule is Cl.O=C(Cc1ccc(S(=O)(=O)N2CCCCC2)cc1)NCC1CCCNC1. The number of sulfonamides is 1. The van der Waals surface area contributed by atoms with Crippen LogP contribution in [0, 0.1) is 5.92 Å². The van der Waals surface area contributed by atoms with E-state index in [1.807, 2.05) is 0 Å². The van der Waals surface area contributed by atoms with Crippen LogP contribution < -0.4 is 10.6 Å². The summed E-state index contributed by atoms with van der Waals surface area (Å²) < 4.78 is 26.8. The quantitative estimate of drug-likeness (QED) is 0.744. The van der Waals surface area contributed by atoms with Gasteiger partial charge in [-0.3, -0.25) is 4.79 Å². The van der Waals surface area contributed by atoms with Crippen molar-refractivity contribution >= 4 is 28.3 Å². The number of carbonyl (C=O) groups excluding carboxylic acids is 1. The molecule has 2 saturated heterocycles. The van der Waals surface area contributed by atoms with Crippen molar-refractivity contribution in [2.24, 2.45) is 5.92 Å². The average Bonchev–Trinajstić information content (AvgIpc) is 2.68. The third-order valence-corrected chi connectivity index (χ3v) is 7.14. The highest BCUT2D eigenvalue weighted by atomic mass is 35.5. The fourth-order valence-corrected chi connectivity index (χ4v) is 5.15. The predicted octanol–water partition coefficient (Wildman–Crippen LogP) is 1.94. The number of halogens is 1. The summed E-state index contributed by atoms with van der Waals surface area (Å²) in [7, 11) is -3.41. The predicted molar refractivity (Wildman–Crippen MR) is 109 cm³/mol. The molecule has 1 amide bonds. The second kappa shape index (κ2) is 10.4. The molecule has 6 nitrogen and oxygen atoms in total. The minimum atomic E-state index is -3.41. The van der Waals surface area contributed by atoms with E-state index in [4.69, 9.17) is 0 Å². The molecule has 0 aromatic heterocycles. The third-order valence-electron chi connectivity index (χ3n) is 5.23. The van der Waals surface area contributed by atoms with E-state index in [2.05, 4.69) is 10.6 Å². The van der Waals surface area contributed by atoms with Crippen LogP contribution in [0.25, 0.3) is 0 Å². The Morgan fingerprint density at radius 1 is 1.11 bits per heavy atom. The van der Waals surface area contributed by atoms with Gasteiger partial charge < -0.3 is 10.6 Å². The third kappa shape index (κ3) is 6.17. The van der Waals surface area contributed by atoms with Gasteiger partial charge in [0.15, 0.2) is 0 Å². The van der Waals surface area contributed by atoms with Gasteiger partial charge in [-0.2, -0.15) is 4.31 Å². The number of carbonyl (C=O) groups is 1. The molecular weight excluding hydrogens is 386 g/mol. The van der Waals surface area contributed by atoms with Crippen molar-refractivity contribution in [2.45, 2.75) is 43.4 Å². The van der Waals surface area contributed by atoms with Crippen LogP contribution in [0.2, 0.25) is 0 Å². The van der Waals surface area contributed by atoms with E-state index in [-0.39, 0.29) is 24.7 Å². The topological polar surface area (TPSA) is 78.5 Å². The first-order chi connectivity index (χ1) is 12.6. The molecule has 0 bridgehead atoms. The van der Waals surface area contributed by atoms with E-state index in [0.29, 0.717) is 30.4 Å². The van der Waals surface area contributed by atoms with Crippen LogP contribution in [-0.4, -0.2) is 51.4 Å². The molecule has 2 heterocycles. The van der Waals surface area contributed by atoms with Crippen molar-refractivity contribution in [3.8, 4) is 0 Å². The maximum atomic E-state index is 12.6. The lowest BCUT2D eigenvalue weighted by Crippen LogP contribution is -2.38. The average molecular weight is 416 g/mol. The van der Waals surface area contributed by atoms with Gasteiger partial charge in [-0.1, -0.05) is 18.6 Å². The summed E-state index contributed by atoms with van der Waals surface area (Å²) in [4.78, 5) is 12.4. The molecule has 0 radical (unpaired) electrons. The summed E-state index contributed by atoms with van der Waals surface area (Å²) in [6.07, 6.45) is 5.53. The monoisotopic (exact) mass is 415 g/mol. The lowest BCUT2D eigenvalue weighted by Gasteiger charge is -2.25. The van der Waals surface area contributed by atoms with Crippen LogP contribution in [0.3, 0.4) is 0 Å². The van der Waals surface area contributed by atoms with Crippen LogP contribution in [-0.2, 0) is 21.2 Å². The standard InChI is InChI=1S/C19H29N3O3S.ClH/c23-19(21-15-17-5-4-10-20-14-17)13-16-6-8-18(9-7-16)26(24,25)22-11-2-1-3-12-22;/h6-9,17,20H,1-5,10-15H2,(H,21,23);1H. The lowest BCUT2D eigenvalue weighted by atomic mass is 10.00. The zero-order valence-corrected chi connectivity index (χ0v) is 17.3. The Hall–Kier alpha value is -1.15. The largest absolute Gasteiger partial charge is 0.355 e. The van der Waals surface area contributed by atoms with Crippen LogP contribution in [0.5, 0.6) is 0 Å². The van der Waals surface area contributed by atoms with Gasteiger partial charge in [0.25, 0.3) is 0 Å². The summed E-state index contributed by atoms with van der Waals surface area (Å²) in [6, 6.07) is 6.74. The van der Waals surface area contributed by atoms with E-state index in [1.165, 1.54) is 0 Å². The number of nitrogens with one attached hydrogen (secondary N) is 2. The molecule has 2 aliphatic heterocycles. The number of benzene rings is 1. The molecule has 1 aromatic carbocycles. The molecule has 0 aliphatic carbocycles. The van der Waals surface area contributed by atoms with Crippen LogP contribution in [0.4, 0.5) is 0 Å². The van der Waals surface area contributed by atoms with Gasteiger partial charge in [0.1, 0.15) is 0 Å². The first-order valence-corrected chi connectivity index (χ1v) is 11.1. The number of piperidine rings is 2. The second-order valence-electron chi connectivity index (χ2n) is 7.30. The van der Waals surface area contributed by atoms with Gasteiger partial charge in [-0.25, -0.2) is 8.42 Å². The Kier molecular flexibility index (Phi) is 8.54. The highest BCUT2D eigenvalue weighted by Crippen LogP contribution is 2.21. The molecule has 2 fully saturated rings. The number of rotatable bonds is 6. The number of hydrogen-bond acceptors (Lipinski definition) is 4. The Bertz CT molecular complexity index is 697. The minimum absolute atomic E-state index is 0. The summed E-state index contributed by atoms with van der Waals surface area (Å²) in [5.41, 5.74) is 0.835. The van der Waals surface area contributed by atoms with E-state index in [0.717, 1.165) is 50.8 Å². The Morgan fingerprint density at radius 3 is 2.44 bits per heavy atom. The fourth-order valence-electron chi connectivity index (χ4n) is 3.64. The van der Waals surface area contributed by atoms with Crippen molar-refractivity contribution in [1.29, 1.82) is 0 Å². The molecule has 2 aliphatic rings. The van der Waals surface area contributed by atoms with Gasteiger partial charge in [0.2, 0.25) is 15.9 Å². The molecule has 0 spiro atoms. The van der Waals surface area contributed by atoms with Crippen LogP contribution in [0.15, 0.2) is 29.2 Å². The Morgan fingerprint density at radius 2 is 1.81 bits per heavy atom. The van der Waals surface area contributed by atoms with Crippen molar-refractivity contribution in [3.05, 3.63) is 29.8 Å². The Balaban J connectivity index is 0.00000261. The van der Waals surface area contributed by atoms with Gasteiger partial charge in [0.05, 0.1) is 11.3 Å². The zero-order valence-electron chi connectivity index (χ0n) is 15.7. The van der Waals surface area contributed by atoms with E-state index in [9.17, 15) is 13.2 Å². The molecule has 152 valence electrons. The molecule has 1 atom stereocenters. The van der Waals surface area contributed by atoms with Gasteiger partial charge >= 0.3 is 0 Å². The van der Waals surface area contributed by atoms with Gasteiger partial charge in [-0.15, -0.1) is 12.4 Å². The molecule has 3 rings (SSSR count). The van der Waals surface area contributed by atoms with Crippen molar-refractivity contribution < 1.29 is 13.2 Å². The van der Waals surface area contributed by atoms with E-state index < -0.39 is 10.0 Å². The lowest BCUT2D eigenvalue weighted by molar-refractivity contribution is -0.120. The first-order valence-electron chi connectivity index (χ1n) is 9.62. The highest BCUT2D eigenvalue weighted by molar-refractivity contribution is 7.89. The normalized spacial score (nSPS) is 21.3. The first kappa shape index (κ1) is 22.1. The number of hydrogen-bond donors (Lipinski definition) is 2.